The highest BCUT2D eigenvalue weighted by Crippen LogP contribution is 2.23. The Bertz CT molecular complexity index is 750. The van der Waals surface area contributed by atoms with Gasteiger partial charge < -0.3 is 29.6 Å². The molecule has 0 spiro atoms. The average molecular weight is 503 g/mol. The molecule has 36 heavy (non-hydrogen) atoms. The topological polar surface area (TPSA) is 89.5 Å². The minimum absolute atomic E-state index is 0.240. The van der Waals surface area contributed by atoms with Gasteiger partial charge in [-0.3, -0.25) is 10.5 Å². The van der Waals surface area contributed by atoms with Crippen molar-refractivity contribution in [1.29, 1.82) is 0 Å². The molecule has 2 aromatic carbocycles. The van der Waals surface area contributed by atoms with Gasteiger partial charge in [-0.1, -0.05) is 88.4 Å². The first kappa shape index (κ1) is 30.3. The SMILES string of the molecule is CC(C)(CCOCCOCCC(C)(C)CN([O-])OCc1ccccc1)CN([O-])OCc1ccccc1. The fourth-order valence-corrected chi connectivity index (χ4v) is 3.41. The summed E-state index contributed by atoms with van der Waals surface area (Å²) in [6.07, 6.45) is 1.46. The highest BCUT2D eigenvalue weighted by atomic mass is 16.9. The fourth-order valence-electron chi connectivity index (χ4n) is 3.41. The van der Waals surface area contributed by atoms with Crippen LogP contribution >= 0.6 is 0 Å². The van der Waals surface area contributed by atoms with Crippen LogP contribution in [0, 0.1) is 21.2 Å². The quantitative estimate of drug-likeness (QED) is 0.178. The Balaban J connectivity index is 1.48. The van der Waals surface area contributed by atoms with Gasteiger partial charge in [-0.25, -0.2) is 0 Å². The van der Waals surface area contributed by atoms with Gasteiger partial charge in [0.2, 0.25) is 0 Å². The molecule has 0 amide bonds. The van der Waals surface area contributed by atoms with Gasteiger partial charge in [0.25, 0.3) is 0 Å². The first-order valence-electron chi connectivity index (χ1n) is 12.5. The molecule has 0 aliphatic carbocycles. The number of hydrogen-bond acceptors (Lipinski definition) is 8. The number of benzene rings is 2. The van der Waals surface area contributed by atoms with Gasteiger partial charge in [0, 0.05) is 26.3 Å². The first-order chi connectivity index (χ1) is 17.2. The lowest BCUT2D eigenvalue weighted by atomic mass is 9.90. The maximum atomic E-state index is 12.1. The van der Waals surface area contributed by atoms with Gasteiger partial charge in [0.15, 0.2) is 0 Å². The molecular weight excluding hydrogens is 460 g/mol. The van der Waals surface area contributed by atoms with Gasteiger partial charge in [-0.15, -0.1) is 0 Å². The molecule has 0 aromatic heterocycles. The Morgan fingerprint density at radius 1 is 0.583 bits per heavy atom. The molecule has 0 N–H and O–H groups in total. The molecule has 8 heteroatoms. The number of ether oxygens (including phenoxy) is 2. The minimum Gasteiger partial charge on any atom is -0.762 e. The summed E-state index contributed by atoms with van der Waals surface area (Å²) in [5, 5.41) is 25.5. The average Bonchev–Trinajstić information content (AvgIpc) is 2.84. The van der Waals surface area contributed by atoms with Gasteiger partial charge in [-0.2, -0.15) is 0 Å². The molecule has 0 aliphatic rings. The molecule has 0 aliphatic heterocycles. The third-order valence-corrected chi connectivity index (χ3v) is 5.77. The Morgan fingerprint density at radius 2 is 0.944 bits per heavy atom. The van der Waals surface area contributed by atoms with Crippen LogP contribution in [-0.4, -0.2) is 50.0 Å². The molecule has 0 saturated heterocycles. The zero-order chi connectivity index (χ0) is 26.3. The molecule has 0 unspecified atom stereocenters. The van der Waals surface area contributed by atoms with E-state index in [1.165, 1.54) is 0 Å². The number of nitrogens with zero attached hydrogens (tertiary/aromatic N) is 2. The van der Waals surface area contributed by atoms with Crippen molar-refractivity contribution in [1.82, 2.24) is 10.5 Å². The van der Waals surface area contributed by atoms with Crippen molar-refractivity contribution in [3.63, 3.8) is 0 Å². The maximum absolute atomic E-state index is 12.1. The molecular formula is C28H42N2O6-2. The van der Waals surface area contributed by atoms with Crippen molar-refractivity contribution in [2.24, 2.45) is 10.8 Å². The van der Waals surface area contributed by atoms with Gasteiger partial charge >= 0.3 is 0 Å². The highest BCUT2D eigenvalue weighted by Gasteiger charge is 2.20. The minimum atomic E-state index is -0.240. The van der Waals surface area contributed by atoms with E-state index in [1.807, 2.05) is 88.4 Å². The summed E-state index contributed by atoms with van der Waals surface area (Å²) in [5.74, 6) is 0. The van der Waals surface area contributed by atoms with Crippen LogP contribution in [0.4, 0.5) is 0 Å². The van der Waals surface area contributed by atoms with Crippen LogP contribution in [0.1, 0.15) is 51.7 Å². The predicted octanol–water partition coefficient (Wildman–Crippen LogP) is 5.72. The molecule has 8 nitrogen and oxygen atoms in total. The van der Waals surface area contributed by atoms with Crippen LogP contribution in [0.15, 0.2) is 60.7 Å². The zero-order valence-corrected chi connectivity index (χ0v) is 22.2. The monoisotopic (exact) mass is 502 g/mol. The van der Waals surface area contributed by atoms with E-state index in [0.29, 0.717) is 36.9 Å². The molecule has 0 radical (unpaired) electrons. The normalized spacial score (nSPS) is 12.6. The highest BCUT2D eigenvalue weighted by molar-refractivity contribution is 5.14. The molecule has 0 fully saturated rings. The molecule has 0 saturated carbocycles. The van der Waals surface area contributed by atoms with E-state index >= 15 is 0 Å². The van der Waals surface area contributed by atoms with Crippen molar-refractivity contribution in [3.05, 3.63) is 82.2 Å². The maximum Gasteiger partial charge on any atom is 0.0923 e. The number of rotatable bonds is 19. The standard InChI is InChI=1S/C28H42N2O6/c1-27(2,23-29(31)35-21-25-11-7-5-8-12-25)15-17-33-19-20-34-18-16-28(3,4)24-30(32)36-22-26-13-9-6-10-14-26/h5-14H,15-24H2,1-4H3/q-2. The number of hydrogen-bond donors (Lipinski definition) is 0. The van der Waals surface area contributed by atoms with Gasteiger partial charge in [0.05, 0.1) is 26.4 Å². The van der Waals surface area contributed by atoms with Crippen LogP contribution < -0.4 is 0 Å². The van der Waals surface area contributed by atoms with Crippen molar-refractivity contribution in [3.8, 4) is 0 Å². The van der Waals surface area contributed by atoms with E-state index in [9.17, 15) is 10.4 Å². The Hall–Kier alpha value is -1.88. The second kappa shape index (κ2) is 16.1. The lowest BCUT2D eigenvalue weighted by Crippen LogP contribution is -2.31. The summed E-state index contributed by atoms with van der Waals surface area (Å²) in [7, 11) is 0. The summed E-state index contributed by atoms with van der Waals surface area (Å²) < 4.78 is 11.4. The zero-order valence-electron chi connectivity index (χ0n) is 22.2. The molecule has 0 heterocycles. The summed E-state index contributed by atoms with van der Waals surface area (Å²) in [6, 6.07) is 19.2. The summed E-state index contributed by atoms with van der Waals surface area (Å²) in [6.45, 7) is 11.2. The molecule has 2 aromatic rings. The summed E-state index contributed by atoms with van der Waals surface area (Å²) in [4.78, 5) is 10.6. The molecule has 0 bridgehead atoms. The third kappa shape index (κ3) is 14.0. The largest absolute Gasteiger partial charge is 0.762 e. The Kier molecular flexibility index (Phi) is 13.5. The summed E-state index contributed by atoms with van der Waals surface area (Å²) >= 11 is 0. The number of hydroxylamine groups is 4. The Morgan fingerprint density at radius 3 is 1.31 bits per heavy atom. The van der Waals surface area contributed by atoms with E-state index < -0.39 is 0 Å². The predicted molar refractivity (Wildman–Crippen MR) is 141 cm³/mol. The van der Waals surface area contributed by atoms with Crippen molar-refractivity contribution >= 4 is 0 Å². The van der Waals surface area contributed by atoms with Gasteiger partial charge in [-0.05, 0) is 34.8 Å². The van der Waals surface area contributed by atoms with E-state index in [0.717, 1.165) is 24.0 Å². The van der Waals surface area contributed by atoms with E-state index in [-0.39, 0.29) is 37.1 Å². The fraction of sp³-hybridized carbons (Fsp3) is 0.571. The van der Waals surface area contributed by atoms with Crippen LogP contribution in [0.5, 0.6) is 0 Å². The van der Waals surface area contributed by atoms with Crippen LogP contribution in [0.2, 0.25) is 0 Å². The van der Waals surface area contributed by atoms with Crippen molar-refractivity contribution in [2.45, 2.75) is 53.8 Å². The van der Waals surface area contributed by atoms with Crippen molar-refractivity contribution in [2.75, 3.05) is 39.5 Å². The van der Waals surface area contributed by atoms with E-state index in [2.05, 4.69) is 0 Å². The van der Waals surface area contributed by atoms with Crippen LogP contribution in [0.3, 0.4) is 0 Å². The smallest absolute Gasteiger partial charge is 0.0923 e. The lowest BCUT2D eigenvalue weighted by Gasteiger charge is -2.36. The van der Waals surface area contributed by atoms with Crippen LogP contribution in [0.25, 0.3) is 0 Å². The summed E-state index contributed by atoms with van der Waals surface area (Å²) in [5.41, 5.74) is 1.45. The molecule has 202 valence electrons. The van der Waals surface area contributed by atoms with E-state index in [1.54, 1.807) is 0 Å². The first-order valence-corrected chi connectivity index (χ1v) is 12.5. The van der Waals surface area contributed by atoms with Gasteiger partial charge in [0.1, 0.15) is 0 Å². The Labute approximate surface area is 216 Å². The molecule has 0 atom stereocenters. The second-order valence-corrected chi connectivity index (χ2v) is 10.6. The van der Waals surface area contributed by atoms with E-state index in [4.69, 9.17) is 19.1 Å². The van der Waals surface area contributed by atoms with Crippen molar-refractivity contribution < 1.29 is 19.1 Å². The van der Waals surface area contributed by atoms with Crippen LogP contribution in [-0.2, 0) is 32.4 Å². The molecule has 2 rings (SSSR count). The second-order valence-electron chi connectivity index (χ2n) is 10.6. The lowest BCUT2D eigenvalue weighted by molar-refractivity contribution is -0.150. The third-order valence-electron chi connectivity index (χ3n) is 5.77.